The Hall–Kier alpha value is -1.74. The fraction of sp³-hybridized carbons (Fsp3) is 0.429. The summed E-state index contributed by atoms with van der Waals surface area (Å²) < 4.78 is 27.9. The van der Waals surface area contributed by atoms with E-state index < -0.39 is 27.6 Å². The Morgan fingerprint density at radius 3 is 2.57 bits per heavy atom. The van der Waals surface area contributed by atoms with Gasteiger partial charge in [0.05, 0.1) is 11.3 Å². The van der Waals surface area contributed by atoms with Crippen LogP contribution in [0, 0.1) is 0 Å². The highest BCUT2D eigenvalue weighted by Crippen LogP contribution is 2.24. The lowest BCUT2D eigenvalue weighted by molar-refractivity contribution is 0.0689. The van der Waals surface area contributed by atoms with E-state index in [1.165, 1.54) is 25.1 Å². The van der Waals surface area contributed by atoms with Crippen LogP contribution >= 0.6 is 11.8 Å². The number of carbonyl (C=O) groups is 2. The van der Waals surface area contributed by atoms with Crippen LogP contribution in [-0.2, 0) is 10.1 Å². The summed E-state index contributed by atoms with van der Waals surface area (Å²) >= 11 is 1.63. The van der Waals surface area contributed by atoms with Crippen molar-refractivity contribution in [1.82, 2.24) is 5.32 Å². The number of hydrogen-bond acceptors (Lipinski definition) is 6. The van der Waals surface area contributed by atoms with Crippen LogP contribution in [0.4, 0.5) is 0 Å². The predicted molar refractivity (Wildman–Crippen MR) is 88.8 cm³/mol. The van der Waals surface area contributed by atoms with Gasteiger partial charge in [-0.05, 0) is 24.8 Å². The number of rotatable bonds is 9. The van der Waals surface area contributed by atoms with Crippen LogP contribution < -0.4 is 9.50 Å². The Morgan fingerprint density at radius 1 is 1.30 bits per heavy atom. The Kier molecular flexibility index (Phi) is 7.37. The largest absolute Gasteiger partial charge is 0.478 e. The Morgan fingerprint density at radius 2 is 2.00 bits per heavy atom. The van der Waals surface area contributed by atoms with Gasteiger partial charge in [-0.15, -0.1) is 0 Å². The number of amides is 1. The third kappa shape index (κ3) is 5.76. The number of carbonyl (C=O) groups excluding carboxylic acids is 1. The Labute approximate surface area is 139 Å². The van der Waals surface area contributed by atoms with Crippen LogP contribution in [0.5, 0.6) is 5.75 Å². The van der Waals surface area contributed by atoms with E-state index in [-0.39, 0.29) is 17.1 Å². The molecule has 0 saturated carbocycles. The summed E-state index contributed by atoms with van der Waals surface area (Å²) in [6.45, 7) is 3.75. The zero-order valence-corrected chi connectivity index (χ0v) is 14.5. The first-order chi connectivity index (χ1) is 10.8. The molecule has 0 heterocycles. The fourth-order valence-electron chi connectivity index (χ4n) is 1.68. The van der Waals surface area contributed by atoms with Gasteiger partial charge in [-0.25, -0.2) is 4.79 Å². The molecule has 0 radical (unpaired) electrons. The zero-order chi connectivity index (χ0) is 17.5. The van der Waals surface area contributed by atoms with Gasteiger partial charge in [0, 0.05) is 12.3 Å². The van der Waals surface area contributed by atoms with E-state index in [0.717, 1.165) is 5.75 Å². The number of benzene rings is 1. The van der Waals surface area contributed by atoms with Crippen molar-refractivity contribution in [2.24, 2.45) is 0 Å². The molecule has 9 heteroatoms. The molecule has 1 aromatic carbocycles. The molecule has 0 aliphatic heterocycles. The average molecular weight is 361 g/mol. The van der Waals surface area contributed by atoms with Gasteiger partial charge in [-0.2, -0.15) is 20.2 Å². The van der Waals surface area contributed by atoms with Gasteiger partial charge in [0.2, 0.25) is 0 Å². The predicted octanol–water partition coefficient (Wildman–Crippen LogP) is 1.60. The molecule has 2 N–H and O–H groups in total. The van der Waals surface area contributed by atoms with Crippen LogP contribution in [0.25, 0.3) is 0 Å². The van der Waals surface area contributed by atoms with Crippen molar-refractivity contribution in [3.63, 3.8) is 0 Å². The van der Waals surface area contributed by atoms with Crippen molar-refractivity contribution in [3.8, 4) is 5.75 Å². The molecule has 128 valence electrons. The van der Waals surface area contributed by atoms with E-state index in [2.05, 4.69) is 5.32 Å². The molecule has 0 aliphatic carbocycles. The molecule has 0 aromatic heterocycles. The summed E-state index contributed by atoms with van der Waals surface area (Å²) in [7, 11) is -3.89. The van der Waals surface area contributed by atoms with E-state index in [4.69, 9.17) is 4.18 Å². The summed E-state index contributed by atoms with van der Waals surface area (Å²) in [5, 5.41) is 11.9. The van der Waals surface area contributed by atoms with Crippen molar-refractivity contribution >= 4 is 33.8 Å². The van der Waals surface area contributed by atoms with Crippen molar-refractivity contribution < 1.29 is 27.3 Å². The van der Waals surface area contributed by atoms with Crippen LogP contribution in [0.2, 0.25) is 0 Å². The van der Waals surface area contributed by atoms with Crippen molar-refractivity contribution in [2.75, 3.05) is 23.8 Å². The molecule has 0 atom stereocenters. The van der Waals surface area contributed by atoms with Crippen LogP contribution in [0.15, 0.2) is 18.2 Å². The second-order valence-corrected chi connectivity index (χ2v) is 7.62. The van der Waals surface area contributed by atoms with Crippen LogP contribution in [-0.4, -0.2) is 49.2 Å². The summed E-state index contributed by atoms with van der Waals surface area (Å²) in [6, 6.07) is 3.90. The minimum atomic E-state index is -3.89. The third-order valence-electron chi connectivity index (χ3n) is 2.79. The van der Waals surface area contributed by atoms with E-state index in [1.807, 2.05) is 6.92 Å². The highest BCUT2D eigenvalue weighted by molar-refractivity contribution is 7.99. The topological polar surface area (TPSA) is 110 Å². The smallest absolute Gasteiger partial charge is 0.340 e. The molecular weight excluding hydrogens is 342 g/mol. The van der Waals surface area contributed by atoms with Gasteiger partial charge in [-0.3, -0.25) is 4.79 Å². The summed E-state index contributed by atoms with van der Waals surface area (Å²) in [6.07, 6.45) is 0. The van der Waals surface area contributed by atoms with Gasteiger partial charge < -0.3 is 14.6 Å². The second-order valence-electron chi connectivity index (χ2n) is 4.37. The van der Waals surface area contributed by atoms with E-state index >= 15 is 0 Å². The van der Waals surface area contributed by atoms with Gasteiger partial charge in [0.1, 0.15) is 5.56 Å². The standard InChI is InChI=1S/C14H19NO6S2/c1-3-22-9-8-15-13(16)10-6-5-7-11(12(10)14(17)18)21-23(19,20)4-2/h5-7H,3-4,8-9H2,1-2H3,(H,15,16)(H,17,18). The minimum Gasteiger partial charge on any atom is -0.478 e. The van der Waals surface area contributed by atoms with Gasteiger partial charge in [0.15, 0.2) is 5.75 Å². The fourth-order valence-corrected chi connectivity index (χ4v) is 2.75. The number of thioether (sulfide) groups is 1. The molecule has 1 amide bonds. The lowest BCUT2D eigenvalue weighted by atomic mass is 10.1. The first kappa shape index (κ1) is 19.3. The molecule has 0 unspecified atom stereocenters. The third-order valence-corrected chi connectivity index (χ3v) is 4.83. The number of aromatic carboxylic acids is 1. The number of carboxylic acids is 1. The minimum absolute atomic E-state index is 0.136. The lowest BCUT2D eigenvalue weighted by Crippen LogP contribution is -2.28. The van der Waals surface area contributed by atoms with Crippen molar-refractivity contribution in [3.05, 3.63) is 29.3 Å². The van der Waals surface area contributed by atoms with Crippen LogP contribution in [0.3, 0.4) is 0 Å². The molecule has 0 fully saturated rings. The molecule has 1 aromatic rings. The normalized spacial score (nSPS) is 11.0. The number of carboxylic acid groups (broad SMARTS) is 1. The van der Waals surface area contributed by atoms with Crippen molar-refractivity contribution in [2.45, 2.75) is 13.8 Å². The highest BCUT2D eigenvalue weighted by atomic mass is 32.2. The van der Waals surface area contributed by atoms with E-state index in [0.29, 0.717) is 12.3 Å². The van der Waals surface area contributed by atoms with Crippen molar-refractivity contribution in [1.29, 1.82) is 0 Å². The molecule has 23 heavy (non-hydrogen) atoms. The van der Waals surface area contributed by atoms with Gasteiger partial charge >= 0.3 is 16.1 Å². The number of hydrogen-bond donors (Lipinski definition) is 2. The monoisotopic (exact) mass is 361 g/mol. The molecule has 0 bridgehead atoms. The molecule has 1 rings (SSSR count). The van der Waals surface area contributed by atoms with E-state index in [1.54, 1.807) is 11.8 Å². The first-order valence-corrected chi connectivity index (χ1v) is 9.70. The molecule has 0 saturated heterocycles. The maximum atomic E-state index is 12.1. The van der Waals surface area contributed by atoms with Crippen LogP contribution in [0.1, 0.15) is 34.6 Å². The quantitative estimate of drug-likeness (QED) is 0.508. The SMILES string of the molecule is CCSCCNC(=O)c1cccc(OS(=O)(=O)CC)c1C(=O)O. The average Bonchev–Trinajstić information content (AvgIpc) is 2.50. The lowest BCUT2D eigenvalue weighted by Gasteiger charge is -2.12. The Balaban J connectivity index is 3.08. The Bertz CT molecular complexity index is 672. The highest BCUT2D eigenvalue weighted by Gasteiger charge is 2.24. The van der Waals surface area contributed by atoms with Gasteiger partial charge in [0.25, 0.3) is 5.91 Å². The summed E-state index contributed by atoms with van der Waals surface area (Å²) in [5.74, 6) is -1.08. The number of nitrogens with one attached hydrogen (secondary N) is 1. The maximum absolute atomic E-state index is 12.1. The molecule has 0 spiro atoms. The maximum Gasteiger partial charge on any atom is 0.340 e. The zero-order valence-electron chi connectivity index (χ0n) is 12.9. The second kappa shape index (κ2) is 8.78. The first-order valence-electron chi connectivity index (χ1n) is 6.96. The summed E-state index contributed by atoms with van der Waals surface area (Å²) in [5.41, 5.74) is -0.604. The van der Waals surface area contributed by atoms with E-state index in [9.17, 15) is 23.1 Å². The molecular formula is C14H19NO6S2. The van der Waals surface area contributed by atoms with Gasteiger partial charge in [-0.1, -0.05) is 13.0 Å². The molecule has 0 aliphatic rings. The molecule has 7 nitrogen and oxygen atoms in total. The summed E-state index contributed by atoms with van der Waals surface area (Å²) in [4.78, 5) is 23.6.